The Bertz CT molecular complexity index is 628. The predicted molar refractivity (Wildman–Crippen MR) is 92.6 cm³/mol. The van der Waals surface area contributed by atoms with Gasteiger partial charge in [-0.05, 0) is 30.5 Å². The number of aryl methyl sites for hydroxylation is 1. The van der Waals surface area contributed by atoms with Gasteiger partial charge in [0.25, 0.3) is 5.91 Å². The van der Waals surface area contributed by atoms with E-state index < -0.39 is 0 Å². The average molecular weight is 313 g/mol. The first-order valence-electron chi connectivity index (χ1n) is 7.79. The molecule has 2 rings (SSSR count). The average Bonchev–Trinajstić information content (AvgIpc) is 2.59. The highest BCUT2D eigenvalue weighted by Crippen LogP contribution is 2.26. The number of carbonyl (C=O) groups excluding carboxylic acids is 1. The van der Waals surface area contributed by atoms with Gasteiger partial charge in [0.15, 0.2) is 0 Å². The normalized spacial score (nSPS) is 10.2. The van der Waals surface area contributed by atoms with E-state index in [1.165, 1.54) is 12.0 Å². The molecule has 0 aliphatic heterocycles. The number of hydrogen-bond donors (Lipinski definition) is 1. The van der Waals surface area contributed by atoms with Crippen molar-refractivity contribution in [2.24, 2.45) is 0 Å². The Kier molecular flexibility index (Phi) is 6.03. The number of hydrogen-bond acceptors (Lipinski definition) is 3. The van der Waals surface area contributed by atoms with E-state index in [0.29, 0.717) is 22.7 Å². The molecule has 2 aromatic carbocycles. The van der Waals surface area contributed by atoms with Crippen molar-refractivity contribution < 1.29 is 14.3 Å². The summed E-state index contributed by atoms with van der Waals surface area (Å²) >= 11 is 0. The third kappa shape index (κ3) is 4.74. The molecule has 0 fully saturated rings. The first-order chi connectivity index (χ1) is 11.2. The van der Waals surface area contributed by atoms with Crippen LogP contribution in [0.25, 0.3) is 0 Å². The SMILES string of the molecule is CCCCc1ccc(C(=O)Nc2cc(OC)cc(OC)c2)cc1. The molecule has 4 nitrogen and oxygen atoms in total. The Hall–Kier alpha value is -2.49. The second-order valence-electron chi connectivity index (χ2n) is 5.36. The number of carbonyl (C=O) groups is 1. The minimum Gasteiger partial charge on any atom is -0.497 e. The number of nitrogens with one attached hydrogen (secondary N) is 1. The quantitative estimate of drug-likeness (QED) is 0.829. The topological polar surface area (TPSA) is 47.6 Å². The van der Waals surface area contributed by atoms with Gasteiger partial charge in [-0.2, -0.15) is 0 Å². The van der Waals surface area contributed by atoms with Crippen LogP contribution in [-0.4, -0.2) is 20.1 Å². The molecule has 0 saturated heterocycles. The van der Waals surface area contributed by atoms with Gasteiger partial charge in [0, 0.05) is 29.4 Å². The van der Waals surface area contributed by atoms with Crippen LogP contribution in [-0.2, 0) is 6.42 Å². The summed E-state index contributed by atoms with van der Waals surface area (Å²) in [5.41, 5.74) is 2.53. The maximum atomic E-state index is 12.3. The number of unbranched alkanes of at least 4 members (excludes halogenated alkanes) is 1. The predicted octanol–water partition coefficient (Wildman–Crippen LogP) is 4.30. The molecule has 0 unspecified atom stereocenters. The van der Waals surface area contributed by atoms with E-state index in [1.54, 1.807) is 32.4 Å². The molecule has 0 spiro atoms. The highest BCUT2D eigenvalue weighted by Gasteiger charge is 2.08. The number of anilines is 1. The highest BCUT2D eigenvalue weighted by molar-refractivity contribution is 6.04. The minimum absolute atomic E-state index is 0.151. The van der Waals surface area contributed by atoms with E-state index in [-0.39, 0.29) is 5.91 Å². The van der Waals surface area contributed by atoms with Crippen LogP contribution in [0.3, 0.4) is 0 Å². The molecule has 1 amide bonds. The molecule has 0 heterocycles. The van der Waals surface area contributed by atoms with Gasteiger partial charge >= 0.3 is 0 Å². The number of methoxy groups -OCH3 is 2. The van der Waals surface area contributed by atoms with E-state index in [9.17, 15) is 4.79 Å². The molecule has 0 bridgehead atoms. The Balaban J connectivity index is 2.09. The zero-order valence-electron chi connectivity index (χ0n) is 13.9. The molecule has 0 radical (unpaired) electrons. The second kappa shape index (κ2) is 8.22. The monoisotopic (exact) mass is 313 g/mol. The van der Waals surface area contributed by atoms with Crippen LogP contribution >= 0.6 is 0 Å². The van der Waals surface area contributed by atoms with E-state index in [0.717, 1.165) is 12.8 Å². The number of ether oxygens (including phenoxy) is 2. The van der Waals surface area contributed by atoms with Crippen LogP contribution in [0.15, 0.2) is 42.5 Å². The molecule has 0 aromatic heterocycles. The van der Waals surface area contributed by atoms with Crippen molar-refractivity contribution in [3.05, 3.63) is 53.6 Å². The van der Waals surface area contributed by atoms with E-state index >= 15 is 0 Å². The minimum atomic E-state index is -0.151. The van der Waals surface area contributed by atoms with Gasteiger partial charge < -0.3 is 14.8 Å². The Morgan fingerprint density at radius 1 is 1.00 bits per heavy atom. The van der Waals surface area contributed by atoms with Crippen molar-refractivity contribution in [1.29, 1.82) is 0 Å². The summed E-state index contributed by atoms with van der Waals surface area (Å²) in [5.74, 6) is 1.12. The van der Waals surface area contributed by atoms with Crippen molar-refractivity contribution >= 4 is 11.6 Å². The maximum absolute atomic E-state index is 12.3. The van der Waals surface area contributed by atoms with Crippen LogP contribution in [0.5, 0.6) is 11.5 Å². The summed E-state index contributed by atoms with van der Waals surface area (Å²) < 4.78 is 10.4. The van der Waals surface area contributed by atoms with E-state index in [2.05, 4.69) is 12.2 Å². The zero-order valence-corrected chi connectivity index (χ0v) is 13.9. The molecular formula is C19H23NO3. The highest BCUT2D eigenvalue weighted by atomic mass is 16.5. The van der Waals surface area contributed by atoms with Crippen molar-refractivity contribution in [3.8, 4) is 11.5 Å². The van der Waals surface area contributed by atoms with Crippen molar-refractivity contribution in [3.63, 3.8) is 0 Å². The van der Waals surface area contributed by atoms with Gasteiger partial charge in [0.05, 0.1) is 14.2 Å². The van der Waals surface area contributed by atoms with Crippen LogP contribution in [0, 0.1) is 0 Å². The molecule has 2 aromatic rings. The Morgan fingerprint density at radius 2 is 1.61 bits per heavy atom. The summed E-state index contributed by atoms with van der Waals surface area (Å²) in [5, 5.41) is 2.87. The molecule has 4 heteroatoms. The molecule has 1 N–H and O–H groups in total. The molecule has 0 aliphatic rings. The van der Waals surface area contributed by atoms with Crippen LogP contribution < -0.4 is 14.8 Å². The molecule has 0 saturated carbocycles. The molecule has 0 aliphatic carbocycles. The molecule has 23 heavy (non-hydrogen) atoms. The lowest BCUT2D eigenvalue weighted by Crippen LogP contribution is -2.12. The summed E-state index contributed by atoms with van der Waals surface area (Å²) in [6, 6.07) is 13.0. The smallest absolute Gasteiger partial charge is 0.255 e. The lowest BCUT2D eigenvalue weighted by atomic mass is 10.1. The van der Waals surface area contributed by atoms with Gasteiger partial charge in [-0.1, -0.05) is 25.5 Å². The van der Waals surface area contributed by atoms with E-state index in [1.807, 2.05) is 24.3 Å². The van der Waals surface area contributed by atoms with Crippen LogP contribution in [0.2, 0.25) is 0 Å². The fraction of sp³-hybridized carbons (Fsp3) is 0.316. The fourth-order valence-corrected chi connectivity index (χ4v) is 2.29. The zero-order chi connectivity index (χ0) is 16.7. The number of benzene rings is 2. The number of amides is 1. The maximum Gasteiger partial charge on any atom is 0.255 e. The van der Waals surface area contributed by atoms with Crippen molar-refractivity contribution in [1.82, 2.24) is 0 Å². The fourth-order valence-electron chi connectivity index (χ4n) is 2.29. The molecular weight excluding hydrogens is 290 g/mol. The first kappa shape index (κ1) is 16.9. The van der Waals surface area contributed by atoms with Crippen LogP contribution in [0.4, 0.5) is 5.69 Å². The van der Waals surface area contributed by atoms with Crippen molar-refractivity contribution in [2.45, 2.75) is 26.2 Å². The first-order valence-corrected chi connectivity index (χ1v) is 7.79. The summed E-state index contributed by atoms with van der Waals surface area (Å²) in [6.07, 6.45) is 3.38. The van der Waals surface area contributed by atoms with Gasteiger partial charge in [0.1, 0.15) is 11.5 Å². The van der Waals surface area contributed by atoms with Gasteiger partial charge in [-0.3, -0.25) is 4.79 Å². The van der Waals surface area contributed by atoms with Gasteiger partial charge in [-0.25, -0.2) is 0 Å². The molecule has 122 valence electrons. The Labute approximate surface area is 137 Å². The summed E-state index contributed by atoms with van der Waals surface area (Å²) in [7, 11) is 3.16. The molecule has 0 atom stereocenters. The standard InChI is InChI=1S/C19H23NO3/c1-4-5-6-14-7-9-15(10-8-14)19(21)20-16-11-17(22-2)13-18(12-16)23-3/h7-13H,4-6H2,1-3H3,(H,20,21). The number of rotatable bonds is 7. The summed E-state index contributed by atoms with van der Waals surface area (Å²) in [4.78, 5) is 12.3. The Morgan fingerprint density at radius 3 is 2.13 bits per heavy atom. The van der Waals surface area contributed by atoms with E-state index in [4.69, 9.17) is 9.47 Å². The van der Waals surface area contributed by atoms with Crippen molar-refractivity contribution in [2.75, 3.05) is 19.5 Å². The van der Waals surface area contributed by atoms with Crippen LogP contribution in [0.1, 0.15) is 35.7 Å². The third-order valence-corrected chi connectivity index (χ3v) is 3.64. The van der Waals surface area contributed by atoms with Gasteiger partial charge in [-0.15, -0.1) is 0 Å². The summed E-state index contributed by atoms with van der Waals surface area (Å²) in [6.45, 7) is 2.17. The third-order valence-electron chi connectivity index (χ3n) is 3.64. The lowest BCUT2D eigenvalue weighted by Gasteiger charge is -2.10. The lowest BCUT2D eigenvalue weighted by molar-refractivity contribution is 0.102. The largest absolute Gasteiger partial charge is 0.497 e. The second-order valence-corrected chi connectivity index (χ2v) is 5.36. The van der Waals surface area contributed by atoms with Gasteiger partial charge in [0.2, 0.25) is 0 Å².